The molecule has 112 valence electrons. The second kappa shape index (κ2) is 6.35. The van der Waals surface area contributed by atoms with Crippen molar-refractivity contribution in [1.82, 2.24) is 0 Å². The molecule has 8 nitrogen and oxygen atoms in total. The number of nitrogens with two attached hydrogens (primary N) is 1. The Bertz CT molecular complexity index is 728. The number of benzene rings is 2. The van der Waals surface area contributed by atoms with E-state index in [2.05, 4.69) is 5.32 Å². The minimum Gasteiger partial charge on any atom is -0.423 e. The molecule has 0 bridgehead atoms. The molecule has 0 fully saturated rings. The van der Waals surface area contributed by atoms with Crippen molar-refractivity contribution in [3.8, 4) is 5.75 Å². The normalized spacial score (nSPS) is 9.82. The zero-order valence-corrected chi connectivity index (χ0v) is 11.3. The first kappa shape index (κ1) is 15.0. The predicted octanol–water partition coefficient (Wildman–Crippen LogP) is 2.12. The first-order valence-electron chi connectivity index (χ1n) is 6.14. The van der Waals surface area contributed by atoms with Crippen molar-refractivity contribution in [3.05, 3.63) is 64.2 Å². The predicted molar refractivity (Wildman–Crippen MR) is 80.0 cm³/mol. The largest absolute Gasteiger partial charge is 0.423 e. The number of nitrogens with zero attached hydrogens (tertiary/aromatic N) is 1. The third-order valence-corrected chi connectivity index (χ3v) is 2.67. The van der Waals surface area contributed by atoms with E-state index in [1.54, 1.807) is 18.2 Å². The lowest BCUT2D eigenvalue weighted by Crippen LogP contribution is -2.22. The molecule has 2 aromatic carbocycles. The summed E-state index contributed by atoms with van der Waals surface area (Å²) in [5, 5.41) is 20.3. The Labute approximate surface area is 125 Å². The number of carbonyl (C=O) groups excluding carboxylic acids is 1. The van der Waals surface area contributed by atoms with E-state index in [-0.39, 0.29) is 23.0 Å². The smallest absolute Gasteiger partial charge is 0.345 e. The van der Waals surface area contributed by atoms with E-state index >= 15 is 0 Å². The van der Waals surface area contributed by atoms with Crippen molar-refractivity contribution in [2.24, 2.45) is 5.73 Å². The van der Waals surface area contributed by atoms with E-state index in [4.69, 9.17) is 15.9 Å². The lowest BCUT2D eigenvalue weighted by atomic mass is 10.2. The summed E-state index contributed by atoms with van der Waals surface area (Å²) in [4.78, 5) is 22.1. The number of nitrogens with one attached hydrogen (secondary N) is 2. The Morgan fingerprint density at radius 2 is 1.82 bits per heavy atom. The van der Waals surface area contributed by atoms with Gasteiger partial charge in [0.1, 0.15) is 5.75 Å². The van der Waals surface area contributed by atoms with Crippen molar-refractivity contribution >= 4 is 23.3 Å². The Morgan fingerprint density at radius 3 is 2.41 bits per heavy atom. The number of ether oxygens (including phenoxy) is 1. The van der Waals surface area contributed by atoms with Gasteiger partial charge in [0.25, 0.3) is 5.69 Å². The van der Waals surface area contributed by atoms with E-state index in [9.17, 15) is 14.9 Å². The Kier molecular flexibility index (Phi) is 4.33. The second-order valence-corrected chi connectivity index (χ2v) is 4.22. The Morgan fingerprint density at radius 1 is 1.18 bits per heavy atom. The van der Waals surface area contributed by atoms with Gasteiger partial charge >= 0.3 is 5.97 Å². The first-order valence-corrected chi connectivity index (χ1v) is 6.14. The molecule has 4 N–H and O–H groups in total. The molecule has 0 saturated heterocycles. The van der Waals surface area contributed by atoms with Crippen LogP contribution in [0.25, 0.3) is 0 Å². The third kappa shape index (κ3) is 3.57. The van der Waals surface area contributed by atoms with Crippen LogP contribution in [0.15, 0.2) is 48.5 Å². The van der Waals surface area contributed by atoms with Crippen LogP contribution in [0.3, 0.4) is 0 Å². The Balaban J connectivity index is 2.18. The highest BCUT2D eigenvalue weighted by Crippen LogP contribution is 2.21. The van der Waals surface area contributed by atoms with E-state index < -0.39 is 10.9 Å². The number of guanidine groups is 1. The number of nitro benzene ring substituents is 1. The van der Waals surface area contributed by atoms with Crippen LogP contribution >= 0.6 is 0 Å². The highest BCUT2D eigenvalue weighted by molar-refractivity contribution is 6.01. The van der Waals surface area contributed by atoms with Crippen LogP contribution in [0.5, 0.6) is 5.75 Å². The third-order valence-electron chi connectivity index (χ3n) is 2.67. The van der Waals surface area contributed by atoms with E-state index in [0.717, 1.165) is 0 Å². The van der Waals surface area contributed by atoms with Gasteiger partial charge in [-0.15, -0.1) is 0 Å². The fourth-order valence-corrected chi connectivity index (χ4v) is 1.71. The average molecular weight is 300 g/mol. The van der Waals surface area contributed by atoms with Gasteiger partial charge in [0, 0.05) is 12.1 Å². The summed E-state index contributed by atoms with van der Waals surface area (Å²) >= 11 is 0. The summed E-state index contributed by atoms with van der Waals surface area (Å²) < 4.78 is 5.14. The van der Waals surface area contributed by atoms with Crippen molar-refractivity contribution in [2.45, 2.75) is 0 Å². The average Bonchev–Trinajstić information content (AvgIpc) is 2.47. The number of rotatable bonds is 4. The number of non-ortho nitro benzene ring substituents is 1. The molecule has 2 rings (SSSR count). The molecule has 0 amide bonds. The van der Waals surface area contributed by atoms with Gasteiger partial charge in [0.15, 0.2) is 5.96 Å². The SMILES string of the molecule is N=C(N)Nc1ccccc1C(=O)Oc1ccc([N+](=O)[O-])cc1. The monoisotopic (exact) mass is 300 g/mol. The molecule has 0 aliphatic rings. The topological polar surface area (TPSA) is 131 Å². The number of esters is 1. The van der Waals surface area contributed by atoms with Crippen LogP contribution < -0.4 is 15.8 Å². The standard InChI is InChI=1S/C14H12N4O4/c15-14(16)17-12-4-2-1-3-11(12)13(19)22-10-7-5-9(6-8-10)18(20)21/h1-8H,(H4,15,16,17). The van der Waals surface area contributed by atoms with Gasteiger partial charge < -0.3 is 15.8 Å². The number of para-hydroxylation sites is 1. The molecule has 8 heteroatoms. The molecule has 0 radical (unpaired) electrons. The Hall–Kier alpha value is -3.42. The summed E-state index contributed by atoms with van der Waals surface area (Å²) in [5.74, 6) is -0.804. The van der Waals surface area contributed by atoms with Crippen LogP contribution in [0.2, 0.25) is 0 Å². The van der Waals surface area contributed by atoms with Gasteiger partial charge in [-0.3, -0.25) is 15.5 Å². The molecule has 0 aromatic heterocycles. The number of nitro groups is 1. The molecule has 0 heterocycles. The molecular weight excluding hydrogens is 288 g/mol. The van der Waals surface area contributed by atoms with Crippen molar-refractivity contribution in [3.63, 3.8) is 0 Å². The van der Waals surface area contributed by atoms with E-state index in [1.165, 1.54) is 30.3 Å². The lowest BCUT2D eigenvalue weighted by Gasteiger charge is -2.10. The van der Waals surface area contributed by atoms with E-state index in [0.29, 0.717) is 5.69 Å². The maximum Gasteiger partial charge on any atom is 0.345 e. The van der Waals surface area contributed by atoms with Crippen LogP contribution in [0, 0.1) is 15.5 Å². The van der Waals surface area contributed by atoms with Gasteiger partial charge in [-0.25, -0.2) is 4.79 Å². The summed E-state index contributed by atoms with van der Waals surface area (Å²) in [6.45, 7) is 0. The molecular formula is C14H12N4O4. The number of hydrogen-bond donors (Lipinski definition) is 3. The quantitative estimate of drug-likeness (QED) is 0.198. The molecule has 22 heavy (non-hydrogen) atoms. The van der Waals surface area contributed by atoms with Crippen molar-refractivity contribution < 1.29 is 14.5 Å². The molecule has 0 aliphatic carbocycles. The minimum absolute atomic E-state index is 0.0987. The van der Waals surface area contributed by atoms with Gasteiger partial charge in [-0.1, -0.05) is 12.1 Å². The van der Waals surface area contributed by atoms with Crippen LogP contribution in [0.4, 0.5) is 11.4 Å². The van der Waals surface area contributed by atoms with Gasteiger partial charge in [-0.2, -0.15) is 0 Å². The molecule has 0 spiro atoms. The summed E-state index contributed by atoms with van der Waals surface area (Å²) in [6.07, 6.45) is 0. The number of hydrogen-bond acceptors (Lipinski definition) is 5. The van der Waals surface area contributed by atoms with Gasteiger partial charge in [0.05, 0.1) is 16.2 Å². The van der Waals surface area contributed by atoms with Crippen LogP contribution in [0.1, 0.15) is 10.4 Å². The van der Waals surface area contributed by atoms with Crippen molar-refractivity contribution in [2.75, 3.05) is 5.32 Å². The fourth-order valence-electron chi connectivity index (χ4n) is 1.71. The maximum atomic E-state index is 12.1. The first-order chi connectivity index (χ1) is 10.5. The zero-order chi connectivity index (χ0) is 16.1. The molecule has 0 saturated carbocycles. The highest BCUT2D eigenvalue weighted by Gasteiger charge is 2.14. The second-order valence-electron chi connectivity index (χ2n) is 4.22. The lowest BCUT2D eigenvalue weighted by molar-refractivity contribution is -0.384. The van der Waals surface area contributed by atoms with E-state index in [1.807, 2.05) is 0 Å². The molecule has 0 aliphatic heterocycles. The summed E-state index contributed by atoms with van der Waals surface area (Å²) in [7, 11) is 0. The van der Waals surface area contributed by atoms with Crippen molar-refractivity contribution in [1.29, 1.82) is 5.41 Å². The summed E-state index contributed by atoms with van der Waals surface area (Å²) in [5.41, 5.74) is 5.67. The van der Waals surface area contributed by atoms with Gasteiger partial charge in [0.2, 0.25) is 0 Å². The van der Waals surface area contributed by atoms with Gasteiger partial charge in [-0.05, 0) is 24.3 Å². The number of anilines is 1. The fraction of sp³-hybridized carbons (Fsp3) is 0. The molecule has 0 unspecified atom stereocenters. The zero-order valence-electron chi connectivity index (χ0n) is 11.3. The molecule has 2 aromatic rings. The highest BCUT2D eigenvalue weighted by atomic mass is 16.6. The number of carbonyl (C=O) groups is 1. The maximum absolute atomic E-state index is 12.1. The minimum atomic E-state index is -0.668. The molecule has 0 atom stereocenters. The van der Waals surface area contributed by atoms with Crippen LogP contribution in [-0.4, -0.2) is 16.9 Å². The summed E-state index contributed by atoms with van der Waals surface area (Å²) in [6, 6.07) is 11.5. The van der Waals surface area contributed by atoms with Crippen LogP contribution in [-0.2, 0) is 0 Å².